The number of nitrogens with zero attached hydrogens (tertiary/aromatic N) is 4. The van der Waals surface area contributed by atoms with Crippen molar-refractivity contribution in [3.63, 3.8) is 0 Å². The number of anilines is 3. The van der Waals surface area contributed by atoms with E-state index in [1.54, 1.807) is 24.6 Å². The zero-order chi connectivity index (χ0) is 20.8. The van der Waals surface area contributed by atoms with E-state index >= 15 is 0 Å². The van der Waals surface area contributed by atoms with Crippen molar-refractivity contribution in [1.82, 2.24) is 19.5 Å². The number of nitrogens with one attached hydrogen (secondary N) is 1. The van der Waals surface area contributed by atoms with Crippen molar-refractivity contribution >= 4 is 34.9 Å². The highest BCUT2D eigenvalue weighted by atomic mass is 32.1. The molecular weight excluding hydrogens is 396 g/mol. The fourth-order valence-corrected chi connectivity index (χ4v) is 3.28. The number of aryl methyl sites for hydroxylation is 1. The van der Waals surface area contributed by atoms with Crippen LogP contribution < -0.4 is 20.7 Å². The van der Waals surface area contributed by atoms with Gasteiger partial charge >= 0.3 is 10.8 Å². The number of thiazole rings is 1. The molecule has 0 aliphatic rings. The molecule has 3 rings (SSSR count). The maximum Gasteiger partial charge on any atom is 0.308 e. The second-order valence-corrected chi connectivity index (χ2v) is 6.78. The number of methoxy groups -OCH3 is 1. The van der Waals surface area contributed by atoms with Crippen LogP contribution in [0.5, 0.6) is 5.75 Å². The minimum absolute atomic E-state index is 0.0103. The SMILES string of the molecule is COc1ccccc1Nc1nc(N)nc(COC(=O)CCn2c(C)csc2=O)n1. The Morgan fingerprint density at radius 3 is 2.79 bits per heavy atom. The first-order valence-electron chi connectivity index (χ1n) is 8.67. The molecule has 0 atom stereocenters. The summed E-state index contributed by atoms with van der Waals surface area (Å²) in [5.41, 5.74) is 7.20. The van der Waals surface area contributed by atoms with Gasteiger partial charge < -0.3 is 25.1 Å². The van der Waals surface area contributed by atoms with Gasteiger partial charge in [0, 0.05) is 17.6 Å². The topological polar surface area (TPSA) is 134 Å². The molecule has 1 aromatic carbocycles. The van der Waals surface area contributed by atoms with Gasteiger partial charge in [-0.15, -0.1) is 0 Å². The highest BCUT2D eigenvalue weighted by molar-refractivity contribution is 7.07. The van der Waals surface area contributed by atoms with E-state index in [1.807, 2.05) is 19.1 Å². The number of benzene rings is 1. The summed E-state index contributed by atoms with van der Waals surface area (Å²) in [5, 5.41) is 4.75. The van der Waals surface area contributed by atoms with Crippen molar-refractivity contribution in [3.05, 3.63) is 50.8 Å². The molecule has 3 N–H and O–H groups in total. The van der Waals surface area contributed by atoms with Gasteiger partial charge in [-0.1, -0.05) is 23.5 Å². The average molecular weight is 416 g/mol. The van der Waals surface area contributed by atoms with E-state index < -0.39 is 5.97 Å². The maximum absolute atomic E-state index is 12.0. The molecule has 11 heteroatoms. The van der Waals surface area contributed by atoms with Gasteiger partial charge in [0.2, 0.25) is 11.9 Å². The molecule has 3 aromatic rings. The van der Waals surface area contributed by atoms with Crippen LogP contribution in [0, 0.1) is 6.92 Å². The van der Waals surface area contributed by atoms with Crippen LogP contribution in [0.25, 0.3) is 0 Å². The summed E-state index contributed by atoms with van der Waals surface area (Å²) in [6.07, 6.45) is 0.0599. The van der Waals surface area contributed by atoms with Crippen LogP contribution >= 0.6 is 11.3 Å². The standard InChI is InChI=1S/C18H20N6O4S/c1-11-10-29-18(26)24(11)8-7-15(25)28-9-14-21-16(19)23-17(22-14)20-12-5-3-4-6-13(12)27-2/h3-6,10H,7-9H2,1-2H3,(H3,19,20,21,22,23). The summed E-state index contributed by atoms with van der Waals surface area (Å²) in [4.78, 5) is 35.8. The minimum Gasteiger partial charge on any atom is -0.495 e. The lowest BCUT2D eigenvalue weighted by atomic mass is 10.3. The van der Waals surface area contributed by atoms with E-state index in [0.29, 0.717) is 11.4 Å². The third-order valence-electron chi connectivity index (χ3n) is 3.93. The van der Waals surface area contributed by atoms with Crippen molar-refractivity contribution in [2.45, 2.75) is 26.5 Å². The van der Waals surface area contributed by atoms with Gasteiger partial charge in [0.15, 0.2) is 12.4 Å². The van der Waals surface area contributed by atoms with Crippen LogP contribution in [0.15, 0.2) is 34.4 Å². The molecule has 0 bridgehead atoms. The molecule has 0 unspecified atom stereocenters. The monoisotopic (exact) mass is 416 g/mol. The normalized spacial score (nSPS) is 10.6. The number of esters is 1. The van der Waals surface area contributed by atoms with Gasteiger partial charge in [0.1, 0.15) is 5.75 Å². The largest absolute Gasteiger partial charge is 0.495 e. The Kier molecular flexibility index (Phi) is 6.39. The van der Waals surface area contributed by atoms with Crippen LogP contribution in [0.4, 0.5) is 17.6 Å². The molecule has 0 amide bonds. The molecule has 2 aromatic heterocycles. The van der Waals surface area contributed by atoms with Crippen LogP contribution in [0.2, 0.25) is 0 Å². The summed E-state index contributed by atoms with van der Waals surface area (Å²) in [7, 11) is 1.55. The molecule has 0 saturated carbocycles. The second-order valence-electron chi connectivity index (χ2n) is 5.96. The molecule has 0 aliphatic heterocycles. The Bertz CT molecular complexity index is 1060. The number of nitrogen functional groups attached to an aromatic ring is 1. The highest BCUT2D eigenvalue weighted by Gasteiger charge is 2.11. The number of rotatable bonds is 8. The lowest BCUT2D eigenvalue weighted by Crippen LogP contribution is -2.18. The number of para-hydroxylation sites is 2. The predicted octanol–water partition coefficient (Wildman–Crippen LogP) is 1.87. The van der Waals surface area contributed by atoms with Gasteiger partial charge in [0.05, 0.1) is 19.2 Å². The van der Waals surface area contributed by atoms with Gasteiger partial charge in [-0.2, -0.15) is 15.0 Å². The fourth-order valence-electron chi connectivity index (χ4n) is 2.52. The lowest BCUT2D eigenvalue weighted by Gasteiger charge is -2.11. The lowest BCUT2D eigenvalue weighted by molar-refractivity contribution is -0.145. The van der Waals surface area contributed by atoms with Crippen molar-refractivity contribution < 1.29 is 14.3 Å². The average Bonchev–Trinajstić information content (AvgIpc) is 3.02. The van der Waals surface area contributed by atoms with E-state index in [-0.39, 0.29) is 42.2 Å². The Morgan fingerprint density at radius 2 is 2.07 bits per heavy atom. The number of hydrogen-bond acceptors (Lipinski definition) is 10. The van der Waals surface area contributed by atoms with E-state index in [9.17, 15) is 9.59 Å². The second kappa shape index (κ2) is 9.15. The Morgan fingerprint density at radius 1 is 1.28 bits per heavy atom. The summed E-state index contributed by atoms with van der Waals surface area (Å²) >= 11 is 1.10. The smallest absolute Gasteiger partial charge is 0.308 e. The van der Waals surface area contributed by atoms with Crippen molar-refractivity contribution in [2.75, 3.05) is 18.2 Å². The Hall–Kier alpha value is -3.47. The number of nitrogens with two attached hydrogens (primary N) is 1. The van der Waals surface area contributed by atoms with Gasteiger partial charge in [0.25, 0.3) is 0 Å². The zero-order valence-corrected chi connectivity index (χ0v) is 16.7. The highest BCUT2D eigenvalue weighted by Crippen LogP contribution is 2.25. The molecule has 0 radical (unpaired) electrons. The van der Waals surface area contributed by atoms with E-state index in [0.717, 1.165) is 17.0 Å². The van der Waals surface area contributed by atoms with Crippen LogP contribution in [0.3, 0.4) is 0 Å². The molecular formula is C18H20N6O4S. The number of ether oxygens (including phenoxy) is 2. The van der Waals surface area contributed by atoms with Gasteiger partial charge in [-0.25, -0.2) is 0 Å². The molecule has 152 valence electrons. The summed E-state index contributed by atoms with van der Waals surface area (Å²) in [5.74, 6) is 0.531. The number of carbonyl (C=O) groups excluding carboxylic acids is 1. The summed E-state index contributed by atoms with van der Waals surface area (Å²) < 4.78 is 12.0. The molecule has 0 spiro atoms. The van der Waals surface area contributed by atoms with E-state index in [1.165, 1.54) is 4.57 Å². The van der Waals surface area contributed by atoms with E-state index in [2.05, 4.69) is 20.3 Å². The van der Waals surface area contributed by atoms with E-state index in [4.69, 9.17) is 15.2 Å². The first-order valence-corrected chi connectivity index (χ1v) is 9.55. The minimum atomic E-state index is -0.472. The van der Waals surface area contributed by atoms with Crippen molar-refractivity contribution in [2.24, 2.45) is 0 Å². The summed E-state index contributed by atoms with van der Waals surface area (Å²) in [6, 6.07) is 7.25. The first kappa shape index (κ1) is 20.3. The summed E-state index contributed by atoms with van der Waals surface area (Å²) in [6.45, 7) is 1.91. The quantitative estimate of drug-likeness (QED) is 0.528. The van der Waals surface area contributed by atoms with Crippen molar-refractivity contribution in [1.29, 1.82) is 0 Å². The number of carbonyl (C=O) groups is 1. The first-order chi connectivity index (χ1) is 14.0. The van der Waals surface area contributed by atoms with Crippen molar-refractivity contribution in [3.8, 4) is 5.75 Å². The molecule has 29 heavy (non-hydrogen) atoms. The Balaban J connectivity index is 1.61. The van der Waals surface area contributed by atoms with Gasteiger partial charge in [-0.05, 0) is 19.1 Å². The zero-order valence-electron chi connectivity index (χ0n) is 15.9. The van der Waals surface area contributed by atoms with Crippen LogP contribution in [-0.4, -0.2) is 32.6 Å². The third kappa shape index (κ3) is 5.29. The third-order valence-corrected chi connectivity index (χ3v) is 4.81. The molecule has 0 saturated heterocycles. The molecule has 10 nitrogen and oxygen atoms in total. The Labute approximate surface area is 170 Å². The number of hydrogen-bond donors (Lipinski definition) is 2. The molecule has 2 heterocycles. The maximum atomic E-state index is 12.0. The van der Waals surface area contributed by atoms with Crippen LogP contribution in [-0.2, 0) is 22.7 Å². The van der Waals surface area contributed by atoms with Crippen LogP contribution in [0.1, 0.15) is 17.9 Å². The predicted molar refractivity (Wildman–Crippen MR) is 108 cm³/mol. The number of aromatic nitrogens is 4. The fraction of sp³-hybridized carbons (Fsp3) is 0.278. The van der Waals surface area contributed by atoms with Gasteiger partial charge in [-0.3, -0.25) is 9.59 Å². The molecule has 0 fully saturated rings. The molecule has 0 aliphatic carbocycles.